The summed E-state index contributed by atoms with van der Waals surface area (Å²) >= 11 is 0. The quantitative estimate of drug-likeness (QED) is 0.901. The van der Waals surface area contributed by atoms with Gasteiger partial charge >= 0.3 is 0 Å². The molecule has 0 bridgehead atoms. The van der Waals surface area contributed by atoms with E-state index in [0.717, 1.165) is 12.8 Å². The number of hydrogen-bond acceptors (Lipinski definition) is 5. The number of hydrogen-bond donors (Lipinski definition) is 1. The highest BCUT2D eigenvalue weighted by molar-refractivity contribution is 5.98. The second kappa shape index (κ2) is 6.98. The Morgan fingerprint density at radius 1 is 1.36 bits per heavy atom. The Kier molecular flexibility index (Phi) is 4.80. The van der Waals surface area contributed by atoms with Gasteiger partial charge in [0.1, 0.15) is 13.2 Å². The number of carbonyl (C=O) groups is 1. The molecule has 2 aliphatic heterocycles. The van der Waals surface area contributed by atoms with Crippen molar-refractivity contribution < 1.29 is 24.1 Å². The molecule has 0 aromatic heterocycles. The van der Waals surface area contributed by atoms with Crippen molar-refractivity contribution in [3.63, 3.8) is 0 Å². The molecule has 0 spiro atoms. The van der Waals surface area contributed by atoms with Gasteiger partial charge in [0.15, 0.2) is 11.5 Å². The number of likely N-dealkylation sites (tertiary alicyclic amines) is 1. The van der Waals surface area contributed by atoms with Gasteiger partial charge in [0, 0.05) is 13.1 Å². The molecular weight excluding hydrogens is 286 g/mol. The van der Waals surface area contributed by atoms with Gasteiger partial charge in [-0.3, -0.25) is 4.79 Å². The van der Waals surface area contributed by atoms with Gasteiger partial charge in [-0.05, 0) is 25.0 Å². The molecular formula is C16H21NO5. The molecule has 0 saturated carbocycles. The first-order chi connectivity index (χ1) is 10.8. The predicted octanol–water partition coefficient (Wildman–Crippen LogP) is 1.07. The van der Waals surface area contributed by atoms with Crippen LogP contribution in [0, 0.1) is 0 Å². The second-order valence-corrected chi connectivity index (χ2v) is 5.44. The Morgan fingerprint density at radius 3 is 3.09 bits per heavy atom. The van der Waals surface area contributed by atoms with E-state index in [1.54, 1.807) is 11.0 Å². The average molecular weight is 307 g/mol. The van der Waals surface area contributed by atoms with Crippen molar-refractivity contribution in [1.29, 1.82) is 0 Å². The minimum absolute atomic E-state index is 0.00180. The maximum atomic E-state index is 12.8. The van der Waals surface area contributed by atoms with Crippen LogP contribution in [0.2, 0.25) is 0 Å². The van der Waals surface area contributed by atoms with E-state index < -0.39 is 0 Å². The van der Waals surface area contributed by atoms with Gasteiger partial charge in [-0.1, -0.05) is 6.07 Å². The normalized spacial score (nSPS) is 20.8. The van der Waals surface area contributed by atoms with Crippen molar-refractivity contribution in [3.05, 3.63) is 23.8 Å². The van der Waals surface area contributed by atoms with Crippen LogP contribution in [-0.4, -0.2) is 61.5 Å². The van der Waals surface area contributed by atoms with E-state index in [1.807, 2.05) is 12.1 Å². The van der Waals surface area contributed by atoms with Crippen LogP contribution in [0.25, 0.3) is 0 Å². The third-order valence-electron chi connectivity index (χ3n) is 3.91. The molecule has 0 aliphatic carbocycles. The fourth-order valence-corrected chi connectivity index (χ4v) is 2.89. The molecule has 1 aromatic rings. The summed E-state index contributed by atoms with van der Waals surface area (Å²) in [5, 5.41) is 8.85. The average Bonchev–Trinajstić information content (AvgIpc) is 2.59. The van der Waals surface area contributed by atoms with E-state index in [2.05, 4.69) is 0 Å². The van der Waals surface area contributed by atoms with Crippen LogP contribution in [0.5, 0.6) is 11.5 Å². The van der Waals surface area contributed by atoms with Crippen LogP contribution < -0.4 is 9.47 Å². The fourth-order valence-electron chi connectivity index (χ4n) is 2.89. The van der Waals surface area contributed by atoms with Crippen LogP contribution in [0.15, 0.2) is 18.2 Å². The number of carbonyl (C=O) groups excluding carboxylic acids is 1. The number of aliphatic hydroxyl groups is 1. The standard InChI is InChI=1S/C16H21NO5/c18-7-8-20-12-3-2-6-17(11-12)16(19)13-4-1-5-14-15(13)22-10-9-21-14/h1,4-5,12,18H,2-3,6-11H2. The third-order valence-corrected chi connectivity index (χ3v) is 3.91. The topological polar surface area (TPSA) is 68.2 Å². The Balaban J connectivity index is 1.73. The summed E-state index contributed by atoms with van der Waals surface area (Å²) in [6, 6.07) is 5.40. The van der Waals surface area contributed by atoms with Crippen molar-refractivity contribution >= 4 is 5.91 Å². The van der Waals surface area contributed by atoms with Gasteiger partial charge in [-0.15, -0.1) is 0 Å². The number of amides is 1. The molecule has 3 rings (SSSR count). The zero-order valence-electron chi connectivity index (χ0n) is 12.5. The fraction of sp³-hybridized carbons (Fsp3) is 0.562. The van der Waals surface area contributed by atoms with Gasteiger partial charge < -0.3 is 24.2 Å². The highest BCUT2D eigenvalue weighted by Crippen LogP contribution is 2.34. The maximum absolute atomic E-state index is 12.8. The first kappa shape index (κ1) is 15.1. The number of benzene rings is 1. The highest BCUT2D eigenvalue weighted by atomic mass is 16.6. The van der Waals surface area contributed by atoms with Crippen LogP contribution in [0.4, 0.5) is 0 Å². The Hall–Kier alpha value is -1.79. The number of rotatable bonds is 4. The molecule has 2 aliphatic rings. The summed E-state index contributed by atoms with van der Waals surface area (Å²) in [5.41, 5.74) is 0.542. The summed E-state index contributed by atoms with van der Waals surface area (Å²) < 4.78 is 16.7. The number of piperidine rings is 1. The lowest BCUT2D eigenvalue weighted by Gasteiger charge is -2.33. The van der Waals surface area contributed by atoms with Crippen LogP contribution in [-0.2, 0) is 4.74 Å². The SMILES string of the molecule is O=C(c1cccc2c1OCCO2)N1CCCC(OCCO)C1. The van der Waals surface area contributed by atoms with Gasteiger partial charge in [0.25, 0.3) is 5.91 Å². The highest BCUT2D eigenvalue weighted by Gasteiger charge is 2.28. The van der Waals surface area contributed by atoms with Crippen LogP contribution in [0.1, 0.15) is 23.2 Å². The second-order valence-electron chi connectivity index (χ2n) is 5.44. The molecule has 22 heavy (non-hydrogen) atoms. The van der Waals surface area contributed by atoms with Crippen molar-refractivity contribution in [3.8, 4) is 11.5 Å². The summed E-state index contributed by atoms with van der Waals surface area (Å²) in [6.07, 6.45) is 1.80. The lowest BCUT2D eigenvalue weighted by Crippen LogP contribution is -2.43. The van der Waals surface area contributed by atoms with Crippen LogP contribution >= 0.6 is 0 Å². The lowest BCUT2D eigenvalue weighted by molar-refractivity contribution is -0.0111. The van der Waals surface area contributed by atoms with Gasteiger partial charge in [0.2, 0.25) is 0 Å². The Bertz CT molecular complexity index is 533. The van der Waals surface area contributed by atoms with Crippen molar-refractivity contribution in [1.82, 2.24) is 4.90 Å². The van der Waals surface area contributed by atoms with Crippen LogP contribution in [0.3, 0.4) is 0 Å². The molecule has 0 radical (unpaired) electrons. The zero-order chi connectivity index (χ0) is 15.4. The number of fused-ring (bicyclic) bond motifs is 1. The smallest absolute Gasteiger partial charge is 0.257 e. The molecule has 1 atom stereocenters. The molecule has 1 unspecified atom stereocenters. The number of ether oxygens (including phenoxy) is 3. The van der Waals surface area contributed by atoms with Crippen molar-refractivity contribution in [2.45, 2.75) is 18.9 Å². The van der Waals surface area contributed by atoms with E-state index in [9.17, 15) is 4.79 Å². The molecule has 6 nitrogen and oxygen atoms in total. The van der Waals surface area contributed by atoms with E-state index >= 15 is 0 Å². The largest absolute Gasteiger partial charge is 0.486 e. The molecule has 1 saturated heterocycles. The molecule has 1 amide bonds. The van der Waals surface area contributed by atoms with E-state index in [4.69, 9.17) is 19.3 Å². The lowest BCUT2D eigenvalue weighted by atomic mass is 10.1. The summed E-state index contributed by atoms with van der Waals surface area (Å²) in [4.78, 5) is 14.6. The van der Waals surface area contributed by atoms with E-state index in [0.29, 0.717) is 50.0 Å². The molecule has 1 aromatic carbocycles. The molecule has 120 valence electrons. The van der Waals surface area contributed by atoms with E-state index in [-0.39, 0.29) is 18.6 Å². The molecule has 2 heterocycles. The third kappa shape index (κ3) is 3.18. The minimum Gasteiger partial charge on any atom is -0.486 e. The molecule has 1 fully saturated rings. The summed E-state index contributed by atoms with van der Waals surface area (Å²) in [5.74, 6) is 1.11. The number of para-hydroxylation sites is 1. The monoisotopic (exact) mass is 307 g/mol. The van der Waals surface area contributed by atoms with Gasteiger partial charge in [-0.2, -0.15) is 0 Å². The number of aliphatic hydroxyl groups excluding tert-OH is 1. The van der Waals surface area contributed by atoms with E-state index in [1.165, 1.54) is 0 Å². The summed E-state index contributed by atoms with van der Waals surface area (Å²) in [6.45, 7) is 2.53. The van der Waals surface area contributed by atoms with Gasteiger partial charge in [0.05, 0.1) is 24.9 Å². The molecule has 6 heteroatoms. The first-order valence-corrected chi connectivity index (χ1v) is 7.70. The minimum atomic E-state index is -0.0559. The predicted molar refractivity (Wildman–Crippen MR) is 79.4 cm³/mol. The van der Waals surface area contributed by atoms with Crippen molar-refractivity contribution in [2.24, 2.45) is 0 Å². The Labute approximate surface area is 129 Å². The van der Waals surface area contributed by atoms with Gasteiger partial charge in [-0.25, -0.2) is 0 Å². The first-order valence-electron chi connectivity index (χ1n) is 7.70. The summed E-state index contributed by atoms with van der Waals surface area (Å²) in [7, 11) is 0. The zero-order valence-corrected chi connectivity index (χ0v) is 12.5. The molecule has 1 N–H and O–H groups in total. The number of nitrogens with zero attached hydrogens (tertiary/aromatic N) is 1. The van der Waals surface area contributed by atoms with Crippen molar-refractivity contribution in [2.75, 3.05) is 39.5 Å². The maximum Gasteiger partial charge on any atom is 0.257 e. The Morgan fingerprint density at radius 2 is 2.23 bits per heavy atom.